The summed E-state index contributed by atoms with van der Waals surface area (Å²) in [6.45, 7) is 5.06. The molecule has 2 aromatic carbocycles. The Labute approximate surface area is 189 Å². The molecule has 0 saturated heterocycles. The van der Waals surface area contributed by atoms with Crippen LogP contribution in [0.15, 0.2) is 54.6 Å². The van der Waals surface area contributed by atoms with Gasteiger partial charge in [-0.1, -0.05) is 67.4 Å². The van der Waals surface area contributed by atoms with Crippen LogP contribution in [0.4, 0.5) is 0 Å². The molecule has 162 valence electrons. The molecule has 6 heteroatoms. The summed E-state index contributed by atoms with van der Waals surface area (Å²) < 4.78 is 0. The lowest BCUT2D eigenvalue weighted by Gasteiger charge is -2.28. The van der Waals surface area contributed by atoms with Gasteiger partial charge in [0.05, 0.1) is 5.75 Å². The Morgan fingerprint density at radius 3 is 2.53 bits per heavy atom. The number of carbonyl (C=O) groups excluding carboxylic acids is 2. The van der Waals surface area contributed by atoms with Crippen LogP contribution in [0.3, 0.4) is 0 Å². The second kappa shape index (κ2) is 13.3. The summed E-state index contributed by atoms with van der Waals surface area (Å²) in [4.78, 5) is 27.3. The second-order valence-corrected chi connectivity index (χ2v) is 8.69. The highest BCUT2D eigenvalue weighted by Gasteiger charge is 2.25. The van der Waals surface area contributed by atoms with Gasteiger partial charge in [-0.3, -0.25) is 9.59 Å². The van der Waals surface area contributed by atoms with Gasteiger partial charge in [0, 0.05) is 23.9 Å². The summed E-state index contributed by atoms with van der Waals surface area (Å²) in [6.07, 6.45) is 2.68. The summed E-state index contributed by atoms with van der Waals surface area (Å²) in [7, 11) is 0. The highest BCUT2D eigenvalue weighted by molar-refractivity contribution is 7.99. The Balaban J connectivity index is 1.97. The maximum absolute atomic E-state index is 13.0. The van der Waals surface area contributed by atoms with Gasteiger partial charge in [0.2, 0.25) is 11.8 Å². The molecular weight excluding hydrogens is 416 g/mol. The molecule has 0 fully saturated rings. The van der Waals surface area contributed by atoms with Crippen LogP contribution in [0.1, 0.15) is 37.8 Å². The number of benzene rings is 2. The fourth-order valence-electron chi connectivity index (χ4n) is 3.07. The van der Waals surface area contributed by atoms with Crippen LogP contribution in [0.25, 0.3) is 0 Å². The average Bonchev–Trinajstić information content (AvgIpc) is 2.74. The fraction of sp³-hybridized carbons (Fsp3) is 0.417. The Morgan fingerprint density at radius 2 is 1.83 bits per heavy atom. The van der Waals surface area contributed by atoms with E-state index in [1.807, 2.05) is 61.5 Å². The van der Waals surface area contributed by atoms with Crippen molar-refractivity contribution in [3.8, 4) is 0 Å². The van der Waals surface area contributed by atoms with E-state index in [1.54, 1.807) is 16.7 Å². The van der Waals surface area contributed by atoms with Gasteiger partial charge in [0.25, 0.3) is 0 Å². The maximum atomic E-state index is 13.0. The van der Waals surface area contributed by atoms with Crippen molar-refractivity contribution in [1.29, 1.82) is 0 Å². The third kappa shape index (κ3) is 8.41. The molecule has 0 bridgehead atoms. The lowest BCUT2D eigenvalue weighted by atomic mass is 10.1. The van der Waals surface area contributed by atoms with Gasteiger partial charge in [0.15, 0.2) is 0 Å². The molecule has 2 aromatic rings. The highest BCUT2D eigenvalue weighted by atomic mass is 35.5. The molecule has 2 amide bonds. The van der Waals surface area contributed by atoms with E-state index in [-0.39, 0.29) is 11.8 Å². The molecule has 0 aliphatic carbocycles. The van der Waals surface area contributed by atoms with Crippen LogP contribution in [0, 0.1) is 0 Å². The van der Waals surface area contributed by atoms with Gasteiger partial charge in [0.1, 0.15) is 6.04 Å². The number of halogens is 1. The Bertz CT molecular complexity index is 801. The number of hydrogen-bond donors (Lipinski definition) is 1. The van der Waals surface area contributed by atoms with Gasteiger partial charge >= 0.3 is 0 Å². The molecule has 30 heavy (non-hydrogen) atoms. The normalized spacial score (nSPS) is 11.7. The molecule has 0 aliphatic heterocycles. The lowest BCUT2D eigenvalue weighted by Crippen LogP contribution is -2.49. The zero-order chi connectivity index (χ0) is 21.8. The first-order chi connectivity index (χ1) is 14.5. The van der Waals surface area contributed by atoms with Crippen LogP contribution in [-0.2, 0) is 21.8 Å². The first-order valence-corrected chi connectivity index (χ1v) is 12.0. The molecular formula is C24H31ClN2O2S. The number of amides is 2. The molecule has 0 spiro atoms. The molecule has 0 unspecified atom stereocenters. The first-order valence-electron chi connectivity index (χ1n) is 10.4. The van der Waals surface area contributed by atoms with Crippen molar-refractivity contribution in [3.63, 3.8) is 0 Å². The van der Waals surface area contributed by atoms with E-state index in [0.717, 1.165) is 30.4 Å². The van der Waals surface area contributed by atoms with Gasteiger partial charge in [-0.15, -0.1) is 11.8 Å². The smallest absolute Gasteiger partial charge is 0.242 e. The minimum atomic E-state index is -0.496. The van der Waals surface area contributed by atoms with Crippen molar-refractivity contribution in [3.05, 3.63) is 70.7 Å². The summed E-state index contributed by atoms with van der Waals surface area (Å²) in [5.41, 5.74) is 2.24. The standard InChI is InChI=1S/C24H31ClN2O2S/c1-3-4-14-26-24(29)19(2)27(15-13-20-9-6-5-7-10-20)23(28)18-30-17-21-11-8-12-22(25)16-21/h5-12,16,19H,3-4,13-15,17-18H2,1-2H3,(H,26,29)/t19-/m0/s1. The SMILES string of the molecule is CCCCNC(=O)[C@H](C)N(CCc1ccccc1)C(=O)CSCc1cccc(Cl)c1. The molecule has 0 radical (unpaired) electrons. The van der Waals surface area contributed by atoms with Crippen LogP contribution < -0.4 is 5.32 Å². The molecule has 0 saturated carbocycles. The van der Waals surface area contributed by atoms with E-state index in [4.69, 9.17) is 11.6 Å². The number of rotatable bonds is 12. The third-order valence-electron chi connectivity index (χ3n) is 4.86. The summed E-state index contributed by atoms with van der Waals surface area (Å²) >= 11 is 7.58. The van der Waals surface area contributed by atoms with Gasteiger partial charge in [-0.05, 0) is 43.0 Å². The van der Waals surface area contributed by atoms with E-state index in [1.165, 1.54) is 0 Å². The van der Waals surface area contributed by atoms with Crippen molar-refractivity contribution in [1.82, 2.24) is 10.2 Å². The molecule has 0 aliphatic rings. The fourth-order valence-corrected chi connectivity index (χ4v) is 4.14. The van der Waals surface area contributed by atoms with E-state index < -0.39 is 6.04 Å². The second-order valence-electron chi connectivity index (χ2n) is 7.27. The molecule has 2 rings (SSSR count). The van der Waals surface area contributed by atoms with E-state index in [9.17, 15) is 9.59 Å². The predicted molar refractivity (Wildman–Crippen MR) is 127 cm³/mol. The minimum Gasteiger partial charge on any atom is -0.354 e. The largest absolute Gasteiger partial charge is 0.354 e. The first kappa shape index (κ1) is 24.3. The lowest BCUT2D eigenvalue weighted by molar-refractivity contribution is -0.137. The quantitative estimate of drug-likeness (QED) is 0.469. The van der Waals surface area contributed by atoms with Gasteiger partial charge in [-0.25, -0.2) is 0 Å². The van der Waals surface area contributed by atoms with Gasteiger partial charge in [-0.2, -0.15) is 0 Å². The van der Waals surface area contributed by atoms with Crippen LogP contribution in [0.5, 0.6) is 0 Å². The number of thioether (sulfide) groups is 1. The molecule has 4 nitrogen and oxygen atoms in total. The van der Waals surface area contributed by atoms with Crippen LogP contribution in [-0.4, -0.2) is 41.6 Å². The molecule has 1 N–H and O–H groups in total. The van der Waals surface area contributed by atoms with Gasteiger partial charge < -0.3 is 10.2 Å². The number of hydrogen-bond acceptors (Lipinski definition) is 3. The predicted octanol–water partition coefficient (Wildman–Crippen LogP) is 4.95. The number of carbonyl (C=O) groups is 2. The van der Waals surface area contributed by atoms with Crippen molar-refractivity contribution in [2.75, 3.05) is 18.8 Å². The highest BCUT2D eigenvalue weighted by Crippen LogP contribution is 2.18. The van der Waals surface area contributed by atoms with Crippen molar-refractivity contribution < 1.29 is 9.59 Å². The topological polar surface area (TPSA) is 49.4 Å². The molecule has 0 aromatic heterocycles. The molecule has 0 heterocycles. The number of nitrogens with one attached hydrogen (secondary N) is 1. The monoisotopic (exact) mass is 446 g/mol. The zero-order valence-corrected chi connectivity index (χ0v) is 19.3. The Hall–Kier alpha value is -1.98. The Kier molecular flexibility index (Phi) is 10.8. The summed E-state index contributed by atoms with van der Waals surface area (Å²) in [5.74, 6) is 0.921. The number of nitrogens with zero attached hydrogens (tertiary/aromatic N) is 1. The summed E-state index contributed by atoms with van der Waals surface area (Å²) in [6, 6.07) is 17.2. The maximum Gasteiger partial charge on any atom is 0.242 e. The number of unbranched alkanes of at least 4 members (excludes halogenated alkanes) is 1. The minimum absolute atomic E-state index is 0.0175. The van der Waals surface area contributed by atoms with E-state index in [2.05, 4.69) is 12.2 Å². The van der Waals surface area contributed by atoms with Crippen molar-refractivity contribution in [2.45, 2.75) is 44.9 Å². The van der Waals surface area contributed by atoms with Crippen LogP contribution in [0.2, 0.25) is 5.02 Å². The van der Waals surface area contributed by atoms with Crippen LogP contribution >= 0.6 is 23.4 Å². The zero-order valence-electron chi connectivity index (χ0n) is 17.8. The Morgan fingerprint density at radius 1 is 1.10 bits per heavy atom. The van der Waals surface area contributed by atoms with Crippen molar-refractivity contribution >= 4 is 35.2 Å². The third-order valence-corrected chi connectivity index (χ3v) is 6.09. The van der Waals surface area contributed by atoms with Crippen molar-refractivity contribution in [2.24, 2.45) is 0 Å². The van der Waals surface area contributed by atoms with E-state index >= 15 is 0 Å². The average molecular weight is 447 g/mol. The van der Waals surface area contributed by atoms with E-state index in [0.29, 0.717) is 29.6 Å². The molecule has 1 atom stereocenters. The summed E-state index contributed by atoms with van der Waals surface area (Å²) in [5, 5.41) is 3.65.